The largest absolute Gasteiger partial charge is 0.377 e. The average molecular weight is 577 g/mol. The predicted molar refractivity (Wildman–Crippen MR) is 177 cm³/mol. The summed E-state index contributed by atoms with van der Waals surface area (Å²) in [6.07, 6.45) is 2.03. The molecule has 10 nitrogen and oxygen atoms in total. The molecular formula is C33H40N10. The van der Waals surface area contributed by atoms with Crippen LogP contribution >= 0.6 is 0 Å². The first kappa shape index (κ1) is 28.5. The number of pyridine rings is 2. The van der Waals surface area contributed by atoms with Gasteiger partial charge in [-0.25, -0.2) is 0 Å². The maximum absolute atomic E-state index is 4.93. The van der Waals surface area contributed by atoms with E-state index in [0.29, 0.717) is 11.9 Å². The Labute approximate surface area is 253 Å². The molecule has 3 aromatic heterocycles. The fourth-order valence-electron chi connectivity index (χ4n) is 5.78. The number of hydrogen-bond acceptors (Lipinski definition) is 10. The van der Waals surface area contributed by atoms with E-state index in [1.54, 1.807) is 0 Å². The molecule has 5 aromatic rings. The number of likely N-dealkylation sites (tertiary alicyclic amines) is 1. The van der Waals surface area contributed by atoms with Gasteiger partial charge in [0.25, 0.3) is 0 Å². The first-order valence-electron chi connectivity index (χ1n) is 14.8. The van der Waals surface area contributed by atoms with Gasteiger partial charge in [-0.15, -0.1) is 0 Å². The fourth-order valence-corrected chi connectivity index (χ4v) is 5.78. The highest BCUT2D eigenvalue weighted by molar-refractivity contribution is 5.95. The summed E-state index contributed by atoms with van der Waals surface area (Å²) in [5.74, 6) is 2.12. The first-order valence-corrected chi connectivity index (χ1v) is 14.8. The number of benzene rings is 2. The van der Waals surface area contributed by atoms with Crippen LogP contribution in [0.25, 0.3) is 21.8 Å². The van der Waals surface area contributed by atoms with E-state index in [4.69, 9.17) is 24.9 Å². The molecule has 0 amide bonds. The van der Waals surface area contributed by atoms with Gasteiger partial charge in [-0.05, 0) is 95.4 Å². The van der Waals surface area contributed by atoms with Crippen molar-refractivity contribution in [3.63, 3.8) is 0 Å². The van der Waals surface area contributed by atoms with Crippen molar-refractivity contribution in [2.45, 2.75) is 32.6 Å². The fraction of sp³-hybridized carbons (Fsp3) is 0.364. The summed E-state index contributed by atoms with van der Waals surface area (Å²) in [7, 11) is 10.4. The number of fused-ring (bicyclic) bond motifs is 2. The van der Waals surface area contributed by atoms with Crippen molar-refractivity contribution >= 4 is 56.5 Å². The van der Waals surface area contributed by atoms with Crippen LogP contribution in [-0.4, -0.2) is 78.1 Å². The quantitative estimate of drug-likeness (QED) is 0.240. The average Bonchev–Trinajstić information content (AvgIpc) is 2.96. The van der Waals surface area contributed by atoms with Crippen molar-refractivity contribution in [2.75, 3.05) is 68.8 Å². The van der Waals surface area contributed by atoms with E-state index < -0.39 is 0 Å². The van der Waals surface area contributed by atoms with E-state index >= 15 is 0 Å². The number of aryl methyl sites for hydroxylation is 2. The third kappa shape index (κ3) is 6.15. The molecule has 0 bridgehead atoms. The third-order valence-electron chi connectivity index (χ3n) is 8.04. The van der Waals surface area contributed by atoms with Crippen LogP contribution in [0, 0.1) is 13.8 Å². The summed E-state index contributed by atoms with van der Waals surface area (Å²) in [6.45, 7) is 6.10. The Bertz CT molecular complexity index is 1670. The molecule has 0 saturated carbocycles. The molecule has 6 rings (SSSR count). The van der Waals surface area contributed by atoms with Crippen molar-refractivity contribution in [3.8, 4) is 0 Å². The molecule has 4 heterocycles. The summed E-state index contributed by atoms with van der Waals surface area (Å²) in [5, 5.41) is 9.09. The van der Waals surface area contributed by atoms with Crippen molar-refractivity contribution < 1.29 is 0 Å². The monoisotopic (exact) mass is 576 g/mol. The summed E-state index contributed by atoms with van der Waals surface area (Å²) < 4.78 is 0. The normalized spacial score (nSPS) is 14.3. The van der Waals surface area contributed by atoms with E-state index in [0.717, 1.165) is 87.7 Å². The van der Waals surface area contributed by atoms with Crippen LogP contribution in [0.5, 0.6) is 0 Å². The lowest BCUT2D eigenvalue weighted by atomic mass is 9.96. The maximum Gasteiger partial charge on any atom is 0.232 e. The van der Waals surface area contributed by atoms with Crippen molar-refractivity contribution in [3.05, 3.63) is 65.7 Å². The van der Waals surface area contributed by atoms with E-state index in [9.17, 15) is 0 Å². The number of aromatic nitrogens is 5. The molecule has 0 aliphatic carbocycles. The van der Waals surface area contributed by atoms with Crippen LogP contribution in [-0.2, 0) is 0 Å². The van der Waals surface area contributed by atoms with Crippen molar-refractivity contribution in [1.29, 1.82) is 0 Å². The highest BCUT2D eigenvalue weighted by atomic mass is 15.2. The molecule has 2 aromatic carbocycles. The third-order valence-corrected chi connectivity index (χ3v) is 8.04. The second-order valence-corrected chi connectivity index (χ2v) is 12.0. The van der Waals surface area contributed by atoms with Crippen LogP contribution in [0.2, 0.25) is 0 Å². The van der Waals surface area contributed by atoms with Gasteiger partial charge in [0.05, 0.1) is 11.0 Å². The van der Waals surface area contributed by atoms with Gasteiger partial charge in [0.1, 0.15) is 5.82 Å². The lowest BCUT2D eigenvalue weighted by molar-refractivity contribution is 0.251. The number of nitrogens with one attached hydrogen (secondary N) is 2. The molecular weight excluding hydrogens is 536 g/mol. The second-order valence-electron chi connectivity index (χ2n) is 12.0. The zero-order valence-electron chi connectivity index (χ0n) is 26.1. The zero-order valence-corrected chi connectivity index (χ0v) is 26.1. The molecule has 1 aliphatic heterocycles. The Morgan fingerprint density at radius 3 is 1.56 bits per heavy atom. The standard InChI is InChI=1S/C33H40N10/c1-20-16-29(41(3)4)25-18-23(8-10-27(25)34-20)36-32-38-31(22-12-14-43(7)15-13-22)39-33(40-32)37-24-9-11-28-26(19-24)30(42(5)6)17-21(2)35-28/h8-11,16-19,22H,12-15H2,1-7H3,(H2,36,37,38,39,40). The lowest BCUT2D eigenvalue weighted by Crippen LogP contribution is -2.30. The van der Waals surface area contributed by atoms with Gasteiger partial charge in [-0.2, -0.15) is 15.0 Å². The minimum atomic E-state index is 0.272. The van der Waals surface area contributed by atoms with Gasteiger partial charge in [-0.3, -0.25) is 9.97 Å². The first-order chi connectivity index (χ1) is 20.6. The number of nitrogens with zero attached hydrogens (tertiary/aromatic N) is 8. The molecule has 1 fully saturated rings. The van der Waals surface area contributed by atoms with Crippen LogP contribution in [0.3, 0.4) is 0 Å². The summed E-state index contributed by atoms with van der Waals surface area (Å²) in [6, 6.07) is 16.6. The van der Waals surface area contributed by atoms with Crippen molar-refractivity contribution in [2.24, 2.45) is 0 Å². The van der Waals surface area contributed by atoms with Crippen LogP contribution in [0.15, 0.2) is 48.5 Å². The van der Waals surface area contributed by atoms with Crippen LogP contribution in [0.4, 0.5) is 34.6 Å². The number of anilines is 6. The highest BCUT2D eigenvalue weighted by Gasteiger charge is 2.23. The highest BCUT2D eigenvalue weighted by Crippen LogP contribution is 2.32. The minimum absolute atomic E-state index is 0.272. The Morgan fingerprint density at radius 1 is 0.651 bits per heavy atom. The predicted octanol–water partition coefficient (Wildman–Crippen LogP) is 6.01. The van der Waals surface area contributed by atoms with Crippen molar-refractivity contribution in [1.82, 2.24) is 29.8 Å². The van der Waals surface area contributed by atoms with Gasteiger partial charge in [0, 0.05) is 79.0 Å². The number of piperidine rings is 1. The summed E-state index contributed by atoms with van der Waals surface area (Å²) >= 11 is 0. The van der Waals surface area contributed by atoms with Gasteiger partial charge in [0.2, 0.25) is 11.9 Å². The van der Waals surface area contributed by atoms with Crippen LogP contribution in [0.1, 0.15) is 36.0 Å². The van der Waals surface area contributed by atoms with E-state index in [1.165, 1.54) is 0 Å². The van der Waals surface area contributed by atoms with Crippen LogP contribution < -0.4 is 20.4 Å². The lowest BCUT2D eigenvalue weighted by Gasteiger charge is -2.28. The Kier molecular flexibility index (Phi) is 7.70. The van der Waals surface area contributed by atoms with E-state index in [-0.39, 0.29) is 5.92 Å². The molecule has 43 heavy (non-hydrogen) atoms. The SMILES string of the molecule is Cc1cc(N(C)C)c2cc(Nc3nc(Nc4ccc5nc(C)cc(N(C)C)c5c4)nc(C4CCN(C)CC4)n3)ccc2n1. The molecule has 10 heteroatoms. The van der Waals surface area contributed by atoms with Gasteiger partial charge >= 0.3 is 0 Å². The molecule has 0 radical (unpaired) electrons. The zero-order chi connectivity index (χ0) is 30.2. The Balaban J connectivity index is 1.37. The molecule has 0 spiro atoms. The summed E-state index contributed by atoms with van der Waals surface area (Å²) in [5.41, 5.74) is 7.93. The minimum Gasteiger partial charge on any atom is -0.377 e. The van der Waals surface area contributed by atoms with Gasteiger partial charge in [-0.1, -0.05) is 0 Å². The molecule has 0 unspecified atom stereocenters. The van der Waals surface area contributed by atoms with Gasteiger partial charge < -0.3 is 25.3 Å². The van der Waals surface area contributed by atoms with E-state index in [2.05, 4.69) is 84.8 Å². The Hall–Kier alpha value is -4.57. The number of rotatable bonds is 7. The topological polar surface area (TPSA) is 98.2 Å². The molecule has 0 atom stereocenters. The van der Waals surface area contributed by atoms with E-state index in [1.807, 2.05) is 38.1 Å². The number of hydrogen-bond donors (Lipinski definition) is 2. The second kappa shape index (κ2) is 11.6. The van der Waals surface area contributed by atoms with Gasteiger partial charge in [0.15, 0.2) is 0 Å². The summed E-state index contributed by atoms with van der Waals surface area (Å²) in [4.78, 5) is 30.8. The molecule has 2 N–H and O–H groups in total. The Morgan fingerprint density at radius 2 is 1.12 bits per heavy atom. The molecule has 1 aliphatic rings. The maximum atomic E-state index is 4.93. The molecule has 1 saturated heterocycles. The molecule has 222 valence electrons. The smallest absolute Gasteiger partial charge is 0.232 e.